The van der Waals surface area contributed by atoms with E-state index in [0.29, 0.717) is 11.6 Å². The van der Waals surface area contributed by atoms with Crippen molar-refractivity contribution in [3.05, 3.63) is 59.2 Å². The average Bonchev–Trinajstić information content (AvgIpc) is 2.45. The molecular weight excluding hydrogens is 300 g/mol. The number of hydrogen-bond acceptors (Lipinski definition) is 2. The fraction of sp³-hybridized carbons (Fsp3) is 0.300. The van der Waals surface area contributed by atoms with Crippen LogP contribution in [-0.4, -0.2) is 11.8 Å². The molecular formula is C20H24N2O2. The van der Waals surface area contributed by atoms with Gasteiger partial charge in [0.05, 0.1) is 0 Å². The van der Waals surface area contributed by atoms with E-state index in [4.69, 9.17) is 0 Å². The van der Waals surface area contributed by atoms with E-state index in [0.717, 1.165) is 22.4 Å². The van der Waals surface area contributed by atoms with E-state index >= 15 is 0 Å². The van der Waals surface area contributed by atoms with Crippen molar-refractivity contribution >= 4 is 23.2 Å². The Morgan fingerprint density at radius 3 is 2.12 bits per heavy atom. The molecule has 0 radical (unpaired) electrons. The molecule has 2 amide bonds. The number of para-hydroxylation sites is 1. The summed E-state index contributed by atoms with van der Waals surface area (Å²) in [6, 6.07) is 13.5. The molecule has 0 aliphatic carbocycles. The highest BCUT2D eigenvalue weighted by Crippen LogP contribution is 2.23. The van der Waals surface area contributed by atoms with E-state index in [9.17, 15) is 9.59 Å². The van der Waals surface area contributed by atoms with Crippen LogP contribution in [0.5, 0.6) is 0 Å². The van der Waals surface area contributed by atoms with Crippen molar-refractivity contribution in [3.63, 3.8) is 0 Å². The first-order valence-corrected chi connectivity index (χ1v) is 8.12. The van der Waals surface area contributed by atoms with Crippen LogP contribution >= 0.6 is 0 Å². The molecule has 24 heavy (non-hydrogen) atoms. The molecule has 126 valence electrons. The smallest absolute Gasteiger partial charge is 0.233 e. The molecule has 2 N–H and O–H groups in total. The average molecular weight is 324 g/mol. The molecule has 0 bridgehead atoms. The van der Waals surface area contributed by atoms with Crippen LogP contribution in [-0.2, 0) is 9.59 Å². The highest BCUT2D eigenvalue weighted by Gasteiger charge is 2.13. The Morgan fingerprint density at radius 2 is 1.50 bits per heavy atom. The van der Waals surface area contributed by atoms with E-state index in [1.165, 1.54) is 0 Å². The summed E-state index contributed by atoms with van der Waals surface area (Å²) in [4.78, 5) is 24.2. The lowest BCUT2D eigenvalue weighted by molar-refractivity contribution is -0.123. The Bertz CT molecular complexity index is 731. The van der Waals surface area contributed by atoms with Gasteiger partial charge >= 0.3 is 0 Å². The number of hydrogen-bond donors (Lipinski definition) is 2. The van der Waals surface area contributed by atoms with Gasteiger partial charge in [-0.1, -0.05) is 38.1 Å². The molecule has 0 aromatic heterocycles. The number of nitrogens with one attached hydrogen (secondary N) is 2. The quantitative estimate of drug-likeness (QED) is 0.801. The number of aryl methyl sites for hydroxylation is 2. The van der Waals surface area contributed by atoms with Crippen molar-refractivity contribution in [2.45, 2.75) is 40.0 Å². The molecule has 0 aliphatic heterocycles. The maximum absolute atomic E-state index is 12.1. The zero-order valence-electron chi connectivity index (χ0n) is 14.6. The molecule has 0 saturated heterocycles. The predicted molar refractivity (Wildman–Crippen MR) is 98.3 cm³/mol. The zero-order chi connectivity index (χ0) is 17.7. The monoisotopic (exact) mass is 324 g/mol. The largest absolute Gasteiger partial charge is 0.326 e. The number of amides is 2. The second-order valence-corrected chi connectivity index (χ2v) is 6.39. The molecule has 0 fully saturated rings. The number of carbonyl (C=O) groups is 2. The van der Waals surface area contributed by atoms with Crippen LogP contribution in [0.2, 0.25) is 0 Å². The van der Waals surface area contributed by atoms with E-state index in [2.05, 4.69) is 24.5 Å². The van der Waals surface area contributed by atoms with Gasteiger partial charge < -0.3 is 10.6 Å². The third-order valence-corrected chi connectivity index (χ3v) is 3.68. The van der Waals surface area contributed by atoms with Crippen molar-refractivity contribution in [1.82, 2.24) is 0 Å². The Morgan fingerprint density at radius 1 is 0.917 bits per heavy atom. The van der Waals surface area contributed by atoms with Gasteiger partial charge in [0, 0.05) is 11.4 Å². The van der Waals surface area contributed by atoms with Crippen LogP contribution in [0, 0.1) is 13.8 Å². The molecule has 0 atom stereocenters. The molecule has 0 aliphatic rings. The molecule has 2 rings (SSSR count). The van der Waals surface area contributed by atoms with Crippen LogP contribution in [0.3, 0.4) is 0 Å². The first-order valence-electron chi connectivity index (χ1n) is 8.12. The lowest BCUT2D eigenvalue weighted by Gasteiger charge is -2.13. The molecule has 0 unspecified atom stereocenters. The zero-order valence-corrected chi connectivity index (χ0v) is 14.6. The van der Waals surface area contributed by atoms with E-state index in [1.807, 2.05) is 56.3 Å². The third kappa shape index (κ3) is 4.95. The minimum absolute atomic E-state index is 0.209. The SMILES string of the molecule is Cc1cc(C)cc(NC(=O)CC(=O)Nc2ccccc2C(C)C)c1. The molecule has 2 aromatic carbocycles. The summed E-state index contributed by atoms with van der Waals surface area (Å²) >= 11 is 0. The van der Waals surface area contributed by atoms with Gasteiger partial charge in [0.25, 0.3) is 0 Å². The van der Waals surface area contributed by atoms with Crippen molar-refractivity contribution in [2.75, 3.05) is 10.6 Å². The maximum Gasteiger partial charge on any atom is 0.233 e. The first kappa shape index (κ1) is 17.7. The highest BCUT2D eigenvalue weighted by molar-refractivity contribution is 6.08. The van der Waals surface area contributed by atoms with Crippen LogP contribution in [0.15, 0.2) is 42.5 Å². The van der Waals surface area contributed by atoms with Gasteiger partial charge in [0.1, 0.15) is 6.42 Å². The summed E-state index contributed by atoms with van der Waals surface area (Å²) in [5, 5.41) is 5.61. The first-order chi connectivity index (χ1) is 11.3. The summed E-state index contributed by atoms with van der Waals surface area (Å²) in [6.07, 6.45) is -0.209. The number of carbonyl (C=O) groups excluding carboxylic acids is 2. The van der Waals surface area contributed by atoms with Gasteiger partial charge in [-0.25, -0.2) is 0 Å². The highest BCUT2D eigenvalue weighted by atomic mass is 16.2. The Kier molecular flexibility index (Phi) is 5.74. The van der Waals surface area contributed by atoms with E-state index in [-0.39, 0.29) is 18.2 Å². The van der Waals surface area contributed by atoms with E-state index in [1.54, 1.807) is 0 Å². The van der Waals surface area contributed by atoms with Crippen LogP contribution < -0.4 is 10.6 Å². The summed E-state index contributed by atoms with van der Waals surface area (Å²) in [5.41, 5.74) is 4.67. The van der Waals surface area contributed by atoms with Crippen LogP contribution in [0.4, 0.5) is 11.4 Å². The number of anilines is 2. The fourth-order valence-electron chi connectivity index (χ4n) is 2.71. The second kappa shape index (κ2) is 7.77. The second-order valence-electron chi connectivity index (χ2n) is 6.39. The van der Waals surface area contributed by atoms with E-state index < -0.39 is 0 Å². The molecule has 2 aromatic rings. The van der Waals surface area contributed by atoms with Crippen LogP contribution in [0.1, 0.15) is 42.9 Å². The van der Waals surface area contributed by atoms with Crippen molar-refractivity contribution in [1.29, 1.82) is 0 Å². The minimum atomic E-state index is -0.320. The minimum Gasteiger partial charge on any atom is -0.326 e. The normalized spacial score (nSPS) is 10.5. The van der Waals surface area contributed by atoms with Gasteiger partial charge in [-0.05, 0) is 54.7 Å². The Balaban J connectivity index is 1.98. The van der Waals surface area contributed by atoms with Gasteiger partial charge in [0.15, 0.2) is 0 Å². The molecule has 0 heterocycles. The molecule has 4 heteroatoms. The number of benzene rings is 2. The summed E-state index contributed by atoms with van der Waals surface area (Å²) in [6.45, 7) is 8.08. The standard InChI is InChI=1S/C20H24N2O2/c1-13(2)17-7-5-6-8-18(17)22-20(24)12-19(23)21-16-10-14(3)9-15(4)11-16/h5-11,13H,12H2,1-4H3,(H,21,23)(H,22,24). The molecule has 0 saturated carbocycles. The number of rotatable bonds is 5. The Labute approximate surface area is 143 Å². The topological polar surface area (TPSA) is 58.2 Å². The van der Waals surface area contributed by atoms with Crippen molar-refractivity contribution in [3.8, 4) is 0 Å². The summed E-state index contributed by atoms with van der Waals surface area (Å²) in [5.74, 6) is -0.338. The predicted octanol–water partition coefficient (Wildman–Crippen LogP) is 4.39. The lowest BCUT2D eigenvalue weighted by Crippen LogP contribution is -2.22. The van der Waals surface area contributed by atoms with Gasteiger partial charge in [-0.2, -0.15) is 0 Å². The van der Waals surface area contributed by atoms with Crippen LogP contribution in [0.25, 0.3) is 0 Å². The van der Waals surface area contributed by atoms with Crippen molar-refractivity contribution in [2.24, 2.45) is 0 Å². The van der Waals surface area contributed by atoms with Gasteiger partial charge in [0.2, 0.25) is 11.8 Å². The molecule has 4 nitrogen and oxygen atoms in total. The van der Waals surface area contributed by atoms with Gasteiger partial charge in [-0.15, -0.1) is 0 Å². The Hall–Kier alpha value is -2.62. The lowest BCUT2D eigenvalue weighted by atomic mass is 10.0. The third-order valence-electron chi connectivity index (χ3n) is 3.68. The summed E-state index contributed by atoms with van der Waals surface area (Å²) in [7, 11) is 0. The maximum atomic E-state index is 12.1. The fourth-order valence-corrected chi connectivity index (χ4v) is 2.71. The van der Waals surface area contributed by atoms with Crippen molar-refractivity contribution < 1.29 is 9.59 Å². The van der Waals surface area contributed by atoms with Gasteiger partial charge in [-0.3, -0.25) is 9.59 Å². The molecule has 0 spiro atoms. The summed E-state index contributed by atoms with van der Waals surface area (Å²) < 4.78 is 0.